The molecule has 3 rings (SSSR count). The van der Waals surface area contributed by atoms with Crippen molar-refractivity contribution < 1.29 is 10.2 Å². The number of aromatic nitrogens is 1. The van der Waals surface area contributed by atoms with Gasteiger partial charge >= 0.3 is 0 Å². The molecule has 0 radical (unpaired) electrons. The van der Waals surface area contributed by atoms with E-state index in [1.165, 1.54) is 0 Å². The fourth-order valence-electron chi connectivity index (χ4n) is 2.51. The highest BCUT2D eigenvalue weighted by Crippen LogP contribution is 2.32. The van der Waals surface area contributed by atoms with Gasteiger partial charge in [0.1, 0.15) is 0 Å². The second-order valence-corrected chi connectivity index (χ2v) is 5.64. The van der Waals surface area contributed by atoms with Crippen LogP contribution in [0, 0.1) is 0 Å². The van der Waals surface area contributed by atoms with Gasteiger partial charge in [0.05, 0.1) is 19.3 Å². The van der Waals surface area contributed by atoms with E-state index in [0.717, 1.165) is 21.8 Å². The summed E-state index contributed by atoms with van der Waals surface area (Å²) in [6.07, 6.45) is -0.805. The number of aliphatic hydroxyl groups excluding tert-OH is 2. The van der Waals surface area contributed by atoms with Gasteiger partial charge in [-0.25, -0.2) is 0 Å². The number of hydrogen-bond donors (Lipinski definition) is 2. The van der Waals surface area contributed by atoms with Gasteiger partial charge in [-0.1, -0.05) is 23.2 Å². The van der Waals surface area contributed by atoms with Crippen LogP contribution in [0.5, 0.6) is 0 Å². The molecule has 0 unspecified atom stereocenters. The third kappa shape index (κ3) is 2.27. The molecule has 0 saturated heterocycles. The Hall–Kier alpha value is -1.26. The summed E-state index contributed by atoms with van der Waals surface area (Å²) in [6.45, 7) is 0.0438. The molecule has 1 aromatic heterocycles. The van der Waals surface area contributed by atoms with Crippen molar-refractivity contribution in [2.45, 2.75) is 12.6 Å². The predicted molar refractivity (Wildman–Crippen MR) is 82.6 cm³/mol. The van der Waals surface area contributed by atoms with Crippen LogP contribution in [0.25, 0.3) is 21.8 Å². The normalized spacial score (nSPS) is 13.2. The van der Waals surface area contributed by atoms with Crippen molar-refractivity contribution in [2.24, 2.45) is 0 Å². The number of halogens is 2. The van der Waals surface area contributed by atoms with Crippen molar-refractivity contribution in [3.63, 3.8) is 0 Å². The van der Waals surface area contributed by atoms with Crippen LogP contribution in [0.3, 0.4) is 0 Å². The van der Waals surface area contributed by atoms with Crippen LogP contribution in [-0.4, -0.2) is 27.5 Å². The second-order valence-electron chi connectivity index (χ2n) is 4.77. The average Bonchev–Trinajstić information content (AvgIpc) is 2.72. The van der Waals surface area contributed by atoms with E-state index < -0.39 is 6.10 Å². The minimum absolute atomic E-state index is 0.275. The molecule has 0 aliphatic rings. The second kappa shape index (κ2) is 5.26. The molecule has 2 aromatic carbocycles. The maximum atomic E-state index is 9.73. The highest BCUT2D eigenvalue weighted by atomic mass is 35.5. The third-order valence-corrected chi connectivity index (χ3v) is 3.86. The van der Waals surface area contributed by atoms with Crippen LogP contribution in [0.2, 0.25) is 10.0 Å². The Kier molecular flexibility index (Phi) is 3.61. The van der Waals surface area contributed by atoms with Gasteiger partial charge in [0.15, 0.2) is 0 Å². The van der Waals surface area contributed by atoms with Gasteiger partial charge in [-0.05, 0) is 36.4 Å². The summed E-state index contributed by atoms with van der Waals surface area (Å²) in [4.78, 5) is 0. The maximum absolute atomic E-state index is 9.73. The minimum atomic E-state index is -0.805. The van der Waals surface area contributed by atoms with E-state index in [-0.39, 0.29) is 6.61 Å². The number of rotatable bonds is 3. The zero-order valence-electron chi connectivity index (χ0n) is 10.6. The van der Waals surface area contributed by atoms with Crippen molar-refractivity contribution in [1.29, 1.82) is 0 Å². The first-order chi connectivity index (χ1) is 9.60. The van der Waals surface area contributed by atoms with Crippen LogP contribution in [0.4, 0.5) is 0 Å². The van der Waals surface area contributed by atoms with Crippen molar-refractivity contribution in [1.82, 2.24) is 4.57 Å². The molecule has 0 aliphatic carbocycles. The highest BCUT2D eigenvalue weighted by molar-refractivity contribution is 6.33. The Morgan fingerprint density at radius 1 is 0.950 bits per heavy atom. The van der Waals surface area contributed by atoms with E-state index >= 15 is 0 Å². The quantitative estimate of drug-likeness (QED) is 0.778. The Morgan fingerprint density at radius 2 is 1.45 bits per heavy atom. The minimum Gasteiger partial charge on any atom is -0.394 e. The molecule has 20 heavy (non-hydrogen) atoms. The summed E-state index contributed by atoms with van der Waals surface area (Å²) >= 11 is 12.1. The molecule has 2 N–H and O–H groups in total. The van der Waals surface area contributed by atoms with Crippen LogP contribution in [0.1, 0.15) is 0 Å². The summed E-state index contributed by atoms with van der Waals surface area (Å²) in [5.41, 5.74) is 1.92. The van der Waals surface area contributed by atoms with E-state index in [4.69, 9.17) is 28.3 Å². The van der Waals surface area contributed by atoms with E-state index in [9.17, 15) is 5.11 Å². The summed E-state index contributed by atoms with van der Waals surface area (Å²) in [7, 11) is 0. The SMILES string of the molecule is OC[C@@H](O)Cn1c2ccc(Cl)cc2c2cc(Cl)ccc21. The molecular weight excluding hydrogens is 297 g/mol. The first kappa shape index (κ1) is 13.7. The van der Waals surface area contributed by atoms with Gasteiger partial charge in [0.25, 0.3) is 0 Å². The van der Waals surface area contributed by atoms with Crippen LogP contribution >= 0.6 is 23.2 Å². The highest BCUT2D eigenvalue weighted by Gasteiger charge is 2.14. The first-order valence-electron chi connectivity index (χ1n) is 6.26. The van der Waals surface area contributed by atoms with E-state index in [0.29, 0.717) is 16.6 Å². The molecule has 0 bridgehead atoms. The molecule has 1 heterocycles. The van der Waals surface area contributed by atoms with Crippen molar-refractivity contribution >= 4 is 45.0 Å². The van der Waals surface area contributed by atoms with E-state index in [2.05, 4.69) is 0 Å². The molecule has 0 aliphatic heterocycles. The van der Waals surface area contributed by atoms with Crippen LogP contribution < -0.4 is 0 Å². The van der Waals surface area contributed by atoms with Gasteiger partial charge in [0, 0.05) is 31.9 Å². The van der Waals surface area contributed by atoms with E-state index in [1.807, 2.05) is 41.0 Å². The standard InChI is InChI=1S/C15H13Cl2NO2/c16-9-1-3-14-12(5-9)13-6-10(17)2-4-15(13)18(14)7-11(20)8-19/h1-6,11,19-20H,7-8H2/t11-/m0/s1. The van der Waals surface area contributed by atoms with Crippen molar-refractivity contribution in [3.05, 3.63) is 46.4 Å². The molecule has 0 amide bonds. The number of benzene rings is 2. The Morgan fingerprint density at radius 3 is 1.90 bits per heavy atom. The lowest BCUT2D eigenvalue weighted by molar-refractivity contribution is 0.0831. The van der Waals surface area contributed by atoms with E-state index in [1.54, 1.807) is 0 Å². The molecule has 5 heteroatoms. The maximum Gasteiger partial charge on any atom is 0.0949 e. The van der Waals surface area contributed by atoms with Gasteiger partial charge in [-0.3, -0.25) is 0 Å². The summed E-state index contributed by atoms with van der Waals surface area (Å²) in [5.74, 6) is 0. The topological polar surface area (TPSA) is 45.4 Å². The molecule has 104 valence electrons. The predicted octanol–water partition coefficient (Wildman–Crippen LogP) is 3.45. The fraction of sp³-hybridized carbons (Fsp3) is 0.200. The fourth-order valence-corrected chi connectivity index (χ4v) is 2.86. The molecule has 0 fully saturated rings. The van der Waals surface area contributed by atoms with Gasteiger partial charge in [-0.2, -0.15) is 0 Å². The van der Waals surface area contributed by atoms with Crippen LogP contribution in [0.15, 0.2) is 36.4 Å². The number of fused-ring (bicyclic) bond motifs is 3. The summed E-state index contributed by atoms with van der Waals surface area (Å²) in [6, 6.07) is 11.2. The van der Waals surface area contributed by atoms with Gasteiger partial charge in [0.2, 0.25) is 0 Å². The molecular formula is C15H13Cl2NO2. The Bertz CT molecular complexity index is 723. The number of aliphatic hydroxyl groups is 2. The molecule has 0 spiro atoms. The average molecular weight is 310 g/mol. The lowest BCUT2D eigenvalue weighted by Gasteiger charge is -2.11. The summed E-state index contributed by atoms with van der Waals surface area (Å²) < 4.78 is 1.97. The number of hydrogen-bond acceptors (Lipinski definition) is 2. The molecule has 3 aromatic rings. The molecule has 0 saturated carbocycles. The van der Waals surface area contributed by atoms with Gasteiger partial charge in [-0.15, -0.1) is 0 Å². The Labute approximate surface area is 126 Å². The smallest absolute Gasteiger partial charge is 0.0949 e. The molecule has 1 atom stereocenters. The lowest BCUT2D eigenvalue weighted by Crippen LogP contribution is -2.19. The largest absolute Gasteiger partial charge is 0.394 e. The van der Waals surface area contributed by atoms with Crippen molar-refractivity contribution in [2.75, 3.05) is 6.61 Å². The van der Waals surface area contributed by atoms with Crippen LogP contribution in [-0.2, 0) is 6.54 Å². The monoisotopic (exact) mass is 309 g/mol. The zero-order chi connectivity index (χ0) is 14.3. The molecule has 3 nitrogen and oxygen atoms in total. The lowest BCUT2D eigenvalue weighted by atomic mass is 10.1. The zero-order valence-corrected chi connectivity index (χ0v) is 12.1. The number of nitrogens with zero attached hydrogens (tertiary/aromatic N) is 1. The van der Waals surface area contributed by atoms with Gasteiger partial charge < -0.3 is 14.8 Å². The summed E-state index contributed by atoms with van der Waals surface area (Å²) in [5, 5.41) is 22.1. The van der Waals surface area contributed by atoms with Crippen molar-refractivity contribution in [3.8, 4) is 0 Å². The Balaban J connectivity index is 2.34. The first-order valence-corrected chi connectivity index (χ1v) is 7.01. The third-order valence-electron chi connectivity index (χ3n) is 3.39.